The Morgan fingerprint density at radius 1 is 0.789 bits per heavy atom. The van der Waals surface area contributed by atoms with Crippen LogP contribution in [0.4, 0.5) is 11.5 Å². The van der Waals surface area contributed by atoms with Gasteiger partial charge in [0.05, 0.1) is 28.9 Å². The highest BCUT2D eigenvalue weighted by Crippen LogP contribution is 2.32. The number of carbonyl (C=O) groups is 1. The second-order valence-corrected chi connectivity index (χ2v) is 16.4. The van der Waals surface area contributed by atoms with E-state index in [0.717, 1.165) is 122 Å². The van der Waals surface area contributed by atoms with Crippen LogP contribution in [0.5, 0.6) is 5.75 Å². The lowest BCUT2D eigenvalue weighted by Gasteiger charge is -2.41. The van der Waals surface area contributed by atoms with E-state index in [1.807, 2.05) is 31.2 Å². The molecular weight excluding hydrogens is 723 g/mol. The Balaban J connectivity index is 0.724. The highest BCUT2D eigenvalue weighted by Gasteiger charge is 2.32. The van der Waals surface area contributed by atoms with E-state index in [1.165, 1.54) is 19.4 Å². The Bertz CT molecular complexity index is 2260. The average Bonchev–Trinajstić information content (AvgIpc) is 3.76. The van der Waals surface area contributed by atoms with Gasteiger partial charge in [-0.25, -0.2) is 14.8 Å². The van der Waals surface area contributed by atoms with Gasteiger partial charge >= 0.3 is 5.69 Å². The first-order valence-corrected chi connectivity index (χ1v) is 20.9. The maximum Gasteiger partial charge on any atom is 0.329 e. The van der Waals surface area contributed by atoms with Crippen molar-refractivity contribution in [3.8, 4) is 17.1 Å². The molecule has 3 N–H and O–H groups in total. The fourth-order valence-corrected chi connectivity index (χ4v) is 9.57. The van der Waals surface area contributed by atoms with Crippen LogP contribution < -0.4 is 25.5 Å². The van der Waals surface area contributed by atoms with Crippen LogP contribution in [0.3, 0.4) is 0 Å². The predicted molar refractivity (Wildman–Crippen MR) is 221 cm³/mol. The molecule has 15 heteroatoms. The van der Waals surface area contributed by atoms with Crippen molar-refractivity contribution in [3.63, 3.8) is 0 Å². The van der Waals surface area contributed by atoms with Crippen LogP contribution in [0.1, 0.15) is 51.5 Å². The minimum atomic E-state index is -0.848. The number of piperazine rings is 1. The molecule has 2 unspecified atom stereocenters. The third-order valence-electron chi connectivity index (χ3n) is 12.9. The number of H-pyrrole nitrogens is 1. The fourth-order valence-electron chi connectivity index (χ4n) is 9.57. The Labute approximate surface area is 332 Å². The number of imidazole rings is 1. The van der Waals surface area contributed by atoms with Crippen LogP contribution in [0, 0.1) is 11.8 Å². The van der Waals surface area contributed by atoms with Gasteiger partial charge in [0.15, 0.2) is 0 Å². The van der Waals surface area contributed by atoms with Gasteiger partial charge in [0.1, 0.15) is 35.9 Å². The van der Waals surface area contributed by atoms with Gasteiger partial charge in [-0.2, -0.15) is 5.10 Å². The molecule has 0 spiro atoms. The number of hydrogen-bond donors (Lipinski definition) is 3. The summed E-state index contributed by atoms with van der Waals surface area (Å²) in [6.45, 7) is 13.5. The molecule has 0 saturated carbocycles. The van der Waals surface area contributed by atoms with Crippen LogP contribution in [0.15, 0.2) is 53.6 Å². The number of nitrogens with zero attached hydrogens (tertiary/aromatic N) is 9. The number of aliphatic hydroxyl groups excluding tert-OH is 1. The Hall–Kier alpha value is -4.99. The summed E-state index contributed by atoms with van der Waals surface area (Å²) in [6.07, 6.45) is 6.32. The highest BCUT2D eigenvalue weighted by molar-refractivity contribution is 5.93. The molecule has 302 valence electrons. The molecule has 2 atom stereocenters. The molecular formula is C42H55N11O4. The van der Waals surface area contributed by atoms with Gasteiger partial charge in [-0.1, -0.05) is 0 Å². The summed E-state index contributed by atoms with van der Waals surface area (Å²) in [6, 6.07) is 13.6. The number of rotatable bonds is 10. The maximum atomic E-state index is 13.3. The minimum absolute atomic E-state index is 0.200. The van der Waals surface area contributed by atoms with Gasteiger partial charge in [-0.3, -0.25) is 19.0 Å². The number of piperidine rings is 3. The maximum absolute atomic E-state index is 13.3. The van der Waals surface area contributed by atoms with Crippen molar-refractivity contribution in [2.75, 3.05) is 81.9 Å². The summed E-state index contributed by atoms with van der Waals surface area (Å²) in [7, 11) is 1.77. The van der Waals surface area contributed by atoms with Gasteiger partial charge in [0.2, 0.25) is 5.91 Å². The van der Waals surface area contributed by atoms with Crippen molar-refractivity contribution in [2.24, 2.45) is 18.9 Å². The first kappa shape index (κ1) is 37.6. The average molecular weight is 778 g/mol. The molecule has 0 aliphatic carbocycles. The van der Waals surface area contributed by atoms with Crippen LogP contribution in [0.25, 0.3) is 33.3 Å². The van der Waals surface area contributed by atoms with Crippen LogP contribution in [-0.2, 0) is 11.8 Å². The molecule has 4 saturated heterocycles. The third-order valence-corrected chi connectivity index (χ3v) is 12.9. The van der Waals surface area contributed by atoms with Crippen molar-refractivity contribution in [1.29, 1.82) is 0 Å². The van der Waals surface area contributed by atoms with Gasteiger partial charge < -0.3 is 34.8 Å². The summed E-state index contributed by atoms with van der Waals surface area (Å²) in [5.74, 6) is 2.88. The highest BCUT2D eigenvalue weighted by atomic mass is 16.5. The Morgan fingerprint density at radius 2 is 1.49 bits per heavy atom. The molecule has 3 aromatic heterocycles. The number of nitrogens with one attached hydrogen (secondary N) is 2. The number of benzene rings is 2. The van der Waals surface area contributed by atoms with E-state index in [1.54, 1.807) is 22.5 Å². The summed E-state index contributed by atoms with van der Waals surface area (Å²) in [5, 5.41) is 21.1. The van der Waals surface area contributed by atoms with E-state index in [4.69, 9.17) is 4.74 Å². The zero-order valence-corrected chi connectivity index (χ0v) is 33.1. The second-order valence-electron chi connectivity index (χ2n) is 16.4. The molecule has 4 aliphatic rings. The van der Waals surface area contributed by atoms with Gasteiger partial charge in [0, 0.05) is 89.6 Å². The lowest BCUT2D eigenvalue weighted by atomic mass is 9.94. The normalized spacial score (nSPS) is 22.1. The van der Waals surface area contributed by atoms with E-state index in [9.17, 15) is 14.7 Å². The number of anilines is 2. The van der Waals surface area contributed by atoms with Crippen molar-refractivity contribution < 1.29 is 14.6 Å². The van der Waals surface area contributed by atoms with Gasteiger partial charge in [0.25, 0.3) is 0 Å². The number of aryl methyl sites for hydroxylation is 1. The van der Waals surface area contributed by atoms with E-state index in [2.05, 4.69) is 63.3 Å². The monoisotopic (exact) mass is 777 g/mol. The van der Waals surface area contributed by atoms with Crippen LogP contribution >= 0.6 is 0 Å². The van der Waals surface area contributed by atoms with Gasteiger partial charge in [-0.15, -0.1) is 0 Å². The molecule has 7 heterocycles. The number of ether oxygens (including phenoxy) is 1. The summed E-state index contributed by atoms with van der Waals surface area (Å²) >= 11 is 0. The first-order valence-electron chi connectivity index (χ1n) is 20.9. The molecule has 0 radical (unpaired) electrons. The number of amides is 1. The largest absolute Gasteiger partial charge is 0.494 e. The van der Waals surface area contributed by atoms with E-state index >= 15 is 0 Å². The molecule has 15 nitrogen and oxygen atoms in total. The number of fused-ring (bicyclic) bond motifs is 2. The SMILES string of the molecule is CCOc1ccc2[nH]nc(-c3cc(N4CCC(CN5CCN(CC6CCN(c7ccc8c(c7)n(C)c(=O)n8C7CCC(O)NC7=O)CC6)CC5)CC4)ncn3)c2c1. The van der Waals surface area contributed by atoms with E-state index in [0.29, 0.717) is 31.3 Å². The summed E-state index contributed by atoms with van der Waals surface area (Å²) in [5.41, 5.74) is 5.12. The molecule has 57 heavy (non-hydrogen) atoms. The lowest BCUT2D eigenvalue weighted by molar-refractivity contribution is -0.130. The van der Waals surface area contributed by atoms with E-state index in [-0.39, 0.29) is 11.6 Å². The number of hydrogen-bond acceptors (Lipinski definition) is 11. The van der Waals surface area contributed by atoms with Crippen LogP contribution in [0.2, 0.25) is 0 Å². The molecule has 4 aliphatic heterocycles. The Morgan fingerprint density at radius 3 is 2.18 bits per heavy atom. The summed E-state index contributed by atoms with van der Waals surface area (Å²) < 4.78 is 8.97. The van der Waals surface area contributed by atoms with Gasteiger partial charge in [-0.05, 0) is 93.7 Å². The molecule has 1 amide bonds. The number of aliphatic hydroxyl groups is 1. The molecule has 4 fully saturated rings. The zero-order valence-electron chi connectivity index (χ0n) is 33.1. The third kappa shape index (κ3) is 7.72. The van der Waals surface area contributed by atoms with Crippen molar-refractivity contribution >= 4 is 39.3 Å². The lowest BCUT2D eigenvalue weighted by Crippen LogP contribution is -2.50. The van der Waals surface area contributed by atoms with Crippen molar-refractivity contribution in [2.45, 2.75) is 57.7 Å². The quantitative estimate of drug-likeness (QED) is 0.191. The number of carbonyl (C=O) groups excluding carboxylic acids is 1. The zero-order chi connectivity index (χ0) is 39.0. The Kier molecular flexibility index (Phi) is 10.6. The number of aromatic amines is 1. The van der Waals surface area contributed by atoms with Crippen molar-refractivity contribution in [3.05, 3.63) is 59.3 Å². The predicted octanol–water partition coefficient (Wildman–Crippen LogP) is 3.59. The van der Waals surface area contributed by atoms with Crippen molar-refractivity contribution in [1.82, 2.24) is 44.4 Å². The first-order chi connectivity index (χ1) is 27.8. The minimum Gasteiger partial charge on any atom is -0.494 e. The van der Waals surface area contributed by atoms with E-state index < -0.39 is 12.3 Å². The molecule has 2 aromatic carbocycles. The van der Waals surface area contributed by atoms with Crippen LogP contribution in [-0.4, -0.2) is 128 Å². The standard InChI is InChI=1S/C42H55N11O4/c1-3-57-31-5-6-33-32(23-31)40(47-46-33)34-24-38(44-27-43-34)52-16-12-29(13-17-52)26-50-20-18-49(19-21-50)25-28-10-14-51(15-11-28)30-4-7-35-37(22-30)48(2)42(56)53(35)36-8-9-39(54)45-41(36)55/h4-7,22-24,27-29,36,39,54H,3,8-21,25-26H2,1-2H3,(H,45,55)(H,46,47). The topological polar surface area (TPSA) is 153 Å². The molecule has 9 rings (SSSR count). The molecule has 0 bridgehead atoms. The smallest absolute Gasteiger partial charge is 0.329 e. The summed E-state index contributed by atoms with van der Waals surface area (Å²) in [4.78, 5) is 45.4. The molecule has 5 aromatic rings. The fraction of sp³-hybridized carbons (Fsp3) is 0.548. The number of aromatic nitrogens is 6. The second kappa shape index (κ2) is 16.1.